The minimum Gasteiger partial charge on any atom is -0.340 e. The Morgan fingerprint density at radius 1 is 1.33 bits per heavy atom. The first kappa shape index (κ1) is 15.4. The first-order valence-corrected chi connectivity index (χ1v) is 8.82. The van der Waals surface area contributed by atoms with Crippen molar-refractivity contribution in [2.45, 2.75) is 26.3 Å². The van der Waals surface area contributed by atoms with Crippen molar-refractivity contribution >= 4 is 23.2 Å². The van der Waals surface area contributed by atoms with Gasteiger partial charge in [-0.05, 0) is 13.3 Å². The standard InChI is InChI=1S/C16H18FN5OS/c1-11-20-13(8-24-11)7-22-10-16(4-14(22)23)2-3-21(9-16)15-18-5-12(17)6-19-15/h5-6,8H,2-4,7,9-10H2,1H3. The van der Waals surface area contributed by atoms with Crippen LogP contribution in [0, 0.1) is 18.2 Å². The molecular formula is C16H18FN5OS. The third-order valence-corrected chi connectivity index (χ3v) is 5.57. The Hall–Kier alpha value is -2.09. The molecule has 0 bridgehead atoms. The molecule has 2 aliphatic heterocycles. The lowest BCUT2D eigenvalue weighted by molar-refractivity contribution is -0.128. The van der Waals surface area contributed by atoms with Crippen LogP contribution in [0.3, 0.4) is 0 Å². The van der Waals surface area contributed by atoms with E-state index < -0.39 is 5.82 Å². The number of carbonyl (C=O) groups is 1. The largest absolute Gasteiger partial charge is 0.340 e. The molecule has 0 N–H and O–H groups in total. The molecule has 0 aliphatic carbocycles. The molecule has 1 unspecified atom stereocenters. The van der Waals surface area contributed by atoms with Gasteiger partial charge in [0.05, 0.1) is 29.6 Å². The zero-order valence-electron chi connectivity index (χ0n) is 13.4. The molecule has 24 heavy (non-hydrogen) atoms. The van der Waals surface area contributed by atoms with Crippen molar-refractivity contribution in [2.75, 3.05) is 24.5 Å². The fourth-order valence-corrected chi connectivity index (χ4v) is 4.25. The van der Waals surface area contributed by atoms with E-state index in [-0.39, 0.29) is 11.3 Å². The number of nitrogens with zero attached hydrogens (tertiary/aromatic N) is 5. The number of thiazole rings is 1. The van der Waals surface area contributed by atoms with Gasteiger partial charge in [0.2, 0.25) is 11.9 Å². The molecule has 1 spiro atoms. The van der Waals surface area contributed by atoms with Crippen molar-refractivity contribution in [1.29, 1.82) is 0 Å². The molecule has 0 aromatic carbocycles. The number of halogens is 1. The Morgan fingerprint density at radius 3 is 2.83 bits per heavy atom. The molecular weight excluding hydrogens is 329 g/mol. The topological polar surface area (TPSA) is 62.2 Å². The summed E-state index contributed by atoms with van der Waals surface area (Å²) in [6, 6.07) is 0. The summed E-state index contributed by atoms with van der Waals surface area (Å²) >= 11 is 1.61. The van der Waals surface area contributed by atoms with E-state index in [9.17, 15) is 9.18 Å². The maximum atomic E-state index is 13.0. The van der Waals surface area contributed by atoms with Crippen LogP contribution >= 0.6 is 11.3 Å². The predicted octanol–water partition coefficient (Wildman–Crippen LogP) is 2.01. The molecule has 2 aromatic rings. The van der Waals surface area contributed by atoms with Gasteiger partial charge in [-0.15, -0.1) is 11.3 Å². The van der Waals surface area contributed by atoms with Gasteiger partial charge < -0.3 is 9.80 Å². The second-order valence-corrected chi connectivity index (χ2v) is 7.72. The zero-order chi connectivity index (χ0) is 16.7. The quantitative estimate of drug-likeness (QED) is 0.850. The molecule has 2 aliphatic rings. The highest BCUT2D eigenvalue weighted by Crippen LogP contribution is 2.41. The minimum atomic E-state index is -0.437. The van der Waals surface area contributed by atoms with E-state index in [4.69, 9.17) is 0 Å². The van der Waals surface area contributed by atoms with Gasteiger partial charge >= 0.3 is 0 Å². The molecule has 2 aromatic heterocycles. The highest BCUT2D eigenvalue weighted by molar-refractivity contribution is 7.09. The summed E-state index contributed by atoms with van der Waals surface area (Å²) in [5.74, 6) is 0.283. The van der Waals surface area contributed by atoms with Crippen LogP contribution in [-0.4, -0.2) is 45.4 Å². The van der Waals surface area contributed by atoms with Crippen molar-refractivity contribution < 1.29 is 9.18 Å². The first-order chi connectivity index (χ1) is 11.5. The van der Waals surface area contributed by atoms with Crippen LogP contribution in [0.15, 0.2) is 17.8 Å². The van der Waals surface area contributed by atoms with E-state index in [0.29, 0.717) is 18.9 Å². The van der Waals surface area contributed by atoms with Gasteiger partial charge in [0.1, 0.15) is 0 Å². The number of anilines is 1. The summed E-state index contributed by atoms with van der Waals surface area (Å²) in [5.41, 5.74) is 0.902. The van der Waals surface area contributed by atoms with E-state index in [1.807, 2.05) is 22.1 Å². The van der Waals surface area contributed by atoms with Crippen LogP contribution in [0.2, 0.25) is 0 Å². The van der Waals surface area contributed by atoms with Crippen LogP contribution in [0.1, 0.15) is 23.5 Å². The Labute approximate surface area is 143 Å². The van der Waals surface area contributed by atoms with Gasteiger partial charge in [-0.25, -0.2) is 19.3 Å². The van der Waals surface area contributed by atoms with Gasteiger partial charge in [-0.1, -0.05) is 0 Å². The zero-order valence-corrected chi connectivity index (χ0v) is 14.2. The molecule has 1 atom stereocenters. The van der Waals surface area contributed by atoms with E-state index in [0.717, 1.165) is 36.8 Å². The predicted molar refractivity (Wildman–Crippen MR) is 88.1 cm³/mol. The summed E-state index contributed by atoms with van der Waals surface area (Å²) in [6.45, 7) is 4.82. The van der Waals surface area contributed by atoms with Gasteiger partial charge in [0.25, 0.3) is 0 Å². The monoisotopic (exact) mass is 347 g/mol. The fourth-order valence-electron chi connectivity index (χ4n) is 3.65. The normalized spacial score (nSPS) is 23.7. The smallest absolute Gasteiger partial charge is 0.225 e. The molecule has 4 heterocycles. The van der Waals surface area contributed by atoms with Crippen LogP contribution in [-0.2, 0) is 11.3 Å². The summed E-state index contributed by atoms with van der Waals surface area (Å²) < 4.78 is 13.0. The highest BCUT2D eigenvalue weighted by atomic mass is 32.1. The van der Waals surface area contributed by atoms with E-state index >= 15 is 0 Å². The van der Waals surface area contributed by atoms with E-state index in [1.54, 1.807) is 11.3 Å². The third kappa shape index (κ3) is 2.86. The minimum absolute atomic E-state index is 0.0557. The summed E-state index contributed by atoms with van der Waals surface area (Å²) in [7, 11) is 0. The maximum absolute atomic E-state index is 13.0. The molecule has 8 heteroatoms. The Kier molecular flexibility index (Phi) is 3.71. The van der Waals surface area contributed by atoms with Gasteiger partial charge in [-0.2, -0.15) is 0 Å². The maximum Gasteiger partial charge on any atom is 0.225 e. The summed E-state index contributed by atoms with van der Waals surface area (Å²) in [4.78, 5) is 29.0. The second kappa shape index (κ2) is 5.77. The van der Waals surface area contributed by atoms with Gasteiger partial charge in [0.15, 0.2) is 5.82 Å². The number of amides is 1. The van der Waals surface area contributed by atoms with Crippen LogP contribution in [0.4, 0.5) is 10.3 Å². The van der Waals surface area contributed by atoms with Crippen molar-refractivity contribution in [3.63, 3.8) is 0 Å². The van der Waals surface area contributed by atoms with Crippen molar-refractivity contribution in [3.8, 4) is 0 Å². The van der Waals surface area contributed by atoms with Crippen molar-refractivity contribution in [2.24, 2.45) is 5.41 Å². The Bertz CT molecular complexity index is 764. The van der Waals surface area contributed by atoms with E-state index in [2.05, 4.69) is 15.0 Å². The second-order valence-electron chi connectivity index (χ2n) is 6.66. The van der Waals surface area contributed by atoms with Crippen LogP contribution in [0.5, 0.6) is 0 Å². The number of aromatic nitrogens is 3. The highest BCUT2D eigenvalue weighted by Gasteiger charge is 2.47. The van der Waals surface area contributed by atoms with Crippen molar-refractivity contribution in [3.05, 3.63) is 34.3 Å². The number of aryl methyl sites for hydroxylation is 1. The molecule has 2 saturated heterocycles. The average Bonchev–Trinajstić information content (AvgIpc) is 3.22. The number of hydrogen-bond donors (Lipinski definition) is 0. The number of carbonyl (C=O) groups excluding carboxylic acids is 1. The van der Waals surface area contributed by atoms with Crippen molar-refractivity contribution in [1.82, 2.24) is 19.9 Å². The number of rotatable bonds is 3. The van der Waals surface area contributed by atoms with Crippen LogP contribution in [0.25, 0.3) is 0 Å². The van der Waals surface area contributed by atoms with Gasteiger partial charge in [0, 0.05) is 36.9 Å². The Morgan fingerprint density at radius 2 is 2.12 bits per heavy atom. The summed E-state index contributed by atoms with van der Waals surface area (Å²) in [5, 5.41) is 3.04. The Balaban J connectivity index is 1.45. The van der Waals surface area contributed by atoms with Crippen LogP contribution < -0.4 is 4.90 Å². The molecule has 4 rings (SSSR count). The first-order valence-electron chi connectivity index (χ1n) is 7.94. The third-order valence-electron chi connectivity index (χ3n) is 4.75. The molecule has 0 radical (unpaired) electrons. The van der Waals surface area contributed by atoms with E-state index in [1.165, 1.54) is 12.4 Å². The molecule has 2 fully saturated rings. The molecule has 6 nitrogen and oxygen atoms in total. The average molecular weight is 347 g/mol. The molecule has 1 amide bonds. The fraction of sp³-hybridized carbons (Fsp3) is 0.500. The van der Waals surface area contributed by atoms with Gasteiger partial charge in [-0.3, -0.25) is 4.79 Å². The lowest BCUT2D eigenvalue weighted by Crippen LogP contribution is -2.31. The SMILES string of the molecule is Cc1nc(CN2CC3(CCN(c4ncc(F)cn4)C3)CC2=O)cs1. The molecule has 126 valence electrons. The lowest BCUT2D eigenvalue weighted by atomic mass is 9.86. The summed E-state index contributed by atoms with van der Waals surface area (Å²) in [6.07, 6.45) is 3.84. The number of hydrogen-bond acceptors (Lipinski definition) is 6. The number of likely N-dealkylation sites (tertiary alicyclic amines) is 1. The lowest BCUT2D eigenvalue weighted by Gasteiger charge is -2.23. The molecule has 0 saturated carbocycles.